The highest BCUT2D eigenvalue weighted by Crippen LogP contribution is 2.28. The molecule has 66 valence electrons. The first-order chi connectivity index (χ1) is 6.27. The second-order valence-electron chi connectivity index (χ2n) is 2.49. The Balaban J connectivity index is 2.52. The zero-order valence-electron chi connectivity index (χ0n) is 6.50. The molecular weight excluding hydrogens is 253 g/mol. The van der Waals surface area contributed by atoms with E-state index in [0.29, 0.717) is 15.4 Å². The summed E-state index contributed by atoms with van der Waals surface area (Å²) in [5.41, 5.74) is 0.849. The smallest absolute Gasteiger partial charge is 0.169 e. The Morgan fingerprint density at radius 1 is 1.31 bits per heavy atom. The summed E-state index contributed by atoms with van der Waals surface area (Å²) in [6.07, 6.45) is 0. The molecule has 1 aromatic heterocycles. The quantitative estimate of drug-likeness (QED) is 0.778. The summed E-state index contributed by atoms with van der Waals surface area (Å²) >= 11 is 9.17. The van der Waals surface area contributed by atoms with E-state index in [-0.39, 0.29) is 0 Å². The van der Waals surface area contributed by atoms with Crippen LogP contribution in [0.25, 0.3) is 11.3 Å². The topological polar surface area (TPSA) is 26.0 Å². The van der Waals surface area contributed by atoms with Crippen molar-refractivity contribution in [3.05, 3.63) is 40.0 Å². The zero-order chi connectivity index (χ0) is 9.26. The van der Waals surface area contributed by atoms with E-state index >= 15 is 0 Å². The van der Waals surface area contributed by atoms with Crippen LogP contribution in [0.3, 0.4) is 0 Å². The van der Waals surface area contributed by atoms with Crippen LogP contribution in [0.4, 0.5) is 0 Å². The van der Waals surface area contributed by atoms with Crippen LogP contribution in [0.5, 0.6) is 0 Å². The normalized spacial score (nSPS) is 10.3. The van der Waals surface area contributed by atoms with E-state index < -0.39 is 0 Å². The van der Waals surface area contributed by atoms with Gasteiger partial charge in [-0.2, -0.15) is 0 Å². The molecule has 0 saturated heterocycles. The van der Waals surface area contributed by atoms with Crippen LogP contribution >= 0.6 is 27.5 Å². The molecule has 2 rings (SSSR count). The van der Waals surface area contributed by atoms with Gasteiger partial charge in [0.2, 0.25) is 0 Å². The maximum Gasteiger partial charge on any atom is 0.169 e. The van der Waals surface area contributed by atoms with Crippen molar-refractivity contribution in [1.82, 2.24) is 5.16 Å². The molecule has 0 unspecified atom stereocenters. The van der Waals surface area contributed by atoms with Gasteiger partial charge in [0, 0.05) is 11.6 Å². The van der Waals surface area contributed by atoms with E-state index in [9.17, 15) is 0 Å². The Hall–Kier alpha value is -0.800. The lowest BCUT2D eigenvalue weighted by atomic mass is 10.2. The Labute approximate surface area is 88.6 Å². The number of aromatic nitrogens is 1. The fraction of sp³-hybridized carbons (Fsp3) is 0. The van der Waals surface area contributed by atoms with Crippen LogP contribution in [-0.2, 0) is 0 Å². The summed E-state index contributed by atoms with van der Waals surface area (Å²) in [5, 5.41) is 4.38. The van der Waals surface area contributed by atoms with Crippen LogP contribution in [0.15, 0.2) is 39.5 Å². The Kier molecular flexibility index (Phi) is 2.38. The molecule has 13 heavy (non-hydrogen) atoms. The molecule has 1 aromatic carbocycles. The summed E-state index contributed by atoms with van der Waals surface area (Å²) in [4.78, 5) is 0. The number of benzene rings is 1. The highest BCUT2D eigenvalue weighted by Gasteiger charge is 2.07. The van der Waals surface area contributed by atoms with Gasteiger partial charge in [-0.1, -0.05) is 28.9 Å². The molecular formula is C9H5BrClNO. The van der Waals surface area contributed by atoms with Gasteiger partial charge in [-0.25, -0.2) is 0 Å². The zero-order valence-corrected chi connectivity index (χ0v) is 8.84. The van der Waals surface area contributed by atoms with Crippen molar-refractivity contribution >= 4 is 27.5 Å². The lowest BCUT2D eigenvalue weighted by Gasteiger charge is -1.96. The van der Waals surface area contributed by atoms with Crippen LogP contribution in [0.1, 0.15) is 0 Å². The third-order valence-electron chi connectivity index (χ3n) is 1.62. The number of hydrogen-bond acceptors (Lipinski definition) is 2. The van der Waals surface area contributed by atoms with E-state index in [4.69, 9.17) is 16.1 Å². The van der Waals surface area contributed by atoms with Crippen molar-refractivity contribution in [1.29, 1.82) is 0 Å². The van der Waals surface area contributed by atoms with Gasteiger partial charge in [0.05, 0.1) is 5.02 Å². The first-order valence-electron chi connectivity index (χ1n) is 3.64. The van der Waals surface area contributed by atoms with Gasteiger partial charge < -0.3 is 4.52 Å². The first kappa shape index (κ1) is 8.78. The van der Waals surface area contributed by atoms with Crippen LogP contribution in [-0.4, -0.2) is 5.16 Å². The van der Waals surface area contributed by atoms with Gasteiger partial charge in [0.15, 0.2) is 5.76 Å². The predicted molar refractivity (Wildman–Crippen MR) is 54.6 cm³/mol. The van der Waals surface area contributed by atoms with E-state index in [1.807, 2.05) is 24.3 Å². The lowest BCUT2D eigenvalue weighted by Crippen LogP contribution is -1.74. The third kappa shape index (κ3) is 1.76. The fourth-order valence-electron chi connectivity index (χ4n) is 1.04. The average molecular weight is 259 g/mol. The molecule has 0 bridgehead atoms. The standard InChI is InChI=1S/C9H5BrClNO/c10-9-5-8(13-12-9)6-3-1-2-4-7(6)11/h1-5H. The second kappa shape index (κ2) is 3.52. The van der Waals surface area contributed by atoms with E-state index in [0.717, 1.165) is 5.56 Å². The van der Waals surface area contributed by atoms with Crippen molar-refractivity contribution in [3.8, 4) is 11.3 Å². The van der Waals surface area contributed by atoms with Crippen LogP contribution in [0, 0.1) is 0 Å². The molecule has 2 nitrogen and oxygen atoms in total. The molecule has 1 heterocycles. The number of halogens is 2. The fourth-order valence-corrected chi connectivity index (χ4v) is 1.55. The maximum atomic E-state index is 5.96. The van der Waals surface area contributed by atoms with Gasteiger partial charge in [0.1, 0.15) is 4.60 Å². The van der Waals surface area contributed by atoms with E-state index in [2.05, 4.69) is 21.1 Å². The summed E-state index contributed by atoms with van der Waals surface area (Å²) in [6.45, 7) is 0. The highest BCUT2D eigenvalue weighted by molar-refractivity contribution is 9.10. The number of nitrogens with zero attached hydrogens (tertiary/aromatic N) is 1. The molecule has 0 atom stereocenters. The molecule has 0 radical (unpaired) electrons. The van der Waals surface area contributed by atoms with Crippen LogP contribution < -0.4 is 0 Å². The number of rotatable bonds is 1. The molecule has 0 aliphatic carbocycles. The summed E-state index contributed by atoms with van der Waals surface area (Å²) < 4.78 is 5.72. The molecule has 0 saturated carbocycles. The monoisotopic (exact) mass is 257 g/mol. The van der Waals surface area contributed by atoms with Crippen molar-refractivity contribution in [2.75, 3.05) is 0 Å². The van der Waals surface area contributed by atoms with Crippen molar-refractivity contribution in [2.24, 2.45) is 0 Å². The van der Waals surface area contributed by atoms with Gasteiger partial charge in [-0.05, 0) is 28.1 Å². The van der Waals surface area contributed by atoms with Crippen LogP contribution in [0.2, 0.25) is 5.02 Å². The largest absolute Gasteiger partial charge is 0.355 e. The predicted octanol–water partition coefficient (Wildman–Crippen LogP) is 3.76. The number of hydrogen-bond donors (Lipinski definition) is 0. The maximum absolute atomic E-state index is 5.96. The van der Waals surface area contributed by atoms with Crippen molar-refractivity contribution in [2.45, 2.75) is 0 Å². The summed E-state index contributed by atoms with van der Waals surface area (Å²) in [7, 11) is 0. The third-order valence-corrected chi connectivity index (χ3v) is 2.32. The highest BCUT2D eigenvalue weighted by atomic mass is 79.9. The summed E-state index contributed by atoms with van der Waals surface area (Å²) in [5.74, 6) is 0.664. The van der Waals surface area contributed by atoms with Gasteiger partial charge in [0.25, 0.3) is 0 Å². The van der Waals surface area contributed by atoms with E-state index in [1.54, 1.807) is 6.07 Å². The Bertz CT molecular complexity index is 427. The SMILES string of the molecule is Clc1ccccc1-c1cc(Br)no1. The minimum absolute atomic E-state index is 0.658. The molecule has 0 aliphatic rings. The first-order valence-corrected chi connectivity index (χ1v) is 4.81. The van der Waals surface area contributed by atoms with Crippen molar-refractivity contribution in [3.63, 3.8) is 0 Å². The molecule has 0 N–H and O–H groups in total. The minimum atomic E-state index is 0.658. The molecule has 4 heteroatoms. The minimum Gasteiger partial charge on any atom is -0.355 e. The molecule has 0 spiro atoms. The van der Waals surface area contributed by atoms with Gasteiger partial charge in [-0.15, -0.1) is 0 Å². The Morgan fingerprint density at radius 2 is 2.08 bits per heavy atom. The molecule has 2 aromatic rings. The Morgan fingerprint density at radius 3 is 2.69 bits per heavy atom. The second-order valence-corrected chi connectivity index (χ2v) is 3.71. The van der Waals surface area contributed by atoms with Gasteiger partial charge in [-0.3, -0.25) is 0 Å². The molecule has 0 aliphatic heterocycles. The molecule has 0 fully saturated rings. The average Bonchev–Trinajstić information content (AvgIpc) is 2.53. The molecule has 0 amide bonds. The summed E-state index contributed by atoms with van der Waals surface area (Å²) in [6, 6.07) is 9.25. The van der Waals surface area contributed by atoms with Crippen molar-refractivity contribution < 1.29 is 4.52 Å². The van der Waals surface area contributed by atoms with E-state index in [1.165, 1.54) is 0 Å². The van der Waals surface area contributed by atoms with Gasteiger partial charge >= 0.3 is 0 Å². The lowest BCUT2D eigenvalue weighted by molar-refractivity contribution is 0.428.